The third-order valence-electron chi connectivity index (χ3n) is 2.37. The molecule has 0 saturated carbocycles. The van der Waals surface area contributed by atoms with E-state index in [1.165, 1.54) is 24.8 Å². The molecule has 1 aliphatic rings. The van der Waals surface area contributed by atoms with E-state index in [-0.39, 0.29) is 0 Å². The van der Waals surface area contributed by atoms with Gasteiger partial charge in [-0.1, -0.05) is 24.6 Å². The fourth-order valence-corrected chi connectivity index (χ4v) is 1.62. The van der Waals surface area contributed by atoms with Crippen LogP contribution in [0.4, 0.5) is 5.69 Å². The number of hydrogen-bond donors (Lipinski definition) is 0. The van der Waals surface area contributed by atoms with Gasteiger partial charge in [-0.15, -0.1) is 0 Å². The molecule has 2 rings (SSSR count). The maximum atomic E-state index is 4.23. The zero-order valence-corrected chi connectivity index (χ0v) is 7.74. The van der Waals surface area contributed by atoms with Gasteiger partial charge < -0.3 is 0 Å². The average molecular weight is 174 g/mol. The summed E-state index contributed by atoms with van der Waals surface area (Å²) in [4.78, 5) is 0. The molecular formula is C11H14N2. The van der Waals surface area contributed by atoms with Crippen molar-refractivity contribution in [3.63, 3.8) is 0 Å². The van der Waals surface area contributed by atoms with E-state index in [1.807, 2.05) is 12.1 Å². The van der Waals surface area contributed by atoms with Gasteiger partial charge in [-0.05, 0) is 30.9 Å². The zero-order valence-electron chi connectivity index (χ0n) is 7.74. The van der Waals surface area contributed by atoms with E-state index in [2.05, 4.69) is 22.4 Å². The topological polar surface area (TPSA) is 24.7 Å². The maximum absolute atomic E-state index is 4.23. The van der Waals surface area contributed by atoms with Gasteiger partial charge in [0.25, 0.3) is 0 Å². The SMILES string of the molecule is c1ccc2c(c1)CCCCC/N=N\2. The number of rotatable bonds is 0. The van der Waals surface area contributed by atoms with Crippen molar-refractivity contribution in [3.8, 4) is 0 Å². The second kappa shape index (κ2) is 4.17. The molecule has 0 spiro atoms. The quantitative estimate of drug-likeness (QED) is 0.575. The smallest absolute Gasteiger partial charge is 0.0884 e. The van der Waals surface area contributed by atoms with Gasteiger partial charge in [0.1, 0.15) is 0 Å². The van der Waals surface area contributed by atoms with Crippen LogP contribution in [-0.2, 0) is 6.42 Å². The third-order valence-corrected chi connectivity index (χ3v) is 2.37. The lowest BCUT2D eigenvalue weighted by molar-refractivity contribution is 0.686. The highest BCUT2D eigenvalue weighted by Gasteiger charge is 2.02. The normalized spacial score (nSPS) is 19.4. The molecule has 1 aromatic rings. The van der Waals surface area contributed by atoms with Gasteiger partial charge in [-0.25, -0.2) is 0 Å². The number of nitrogens with zero attached hydrogens (tertiary/aromatic N) is 2. The largest absolute Gasteiger partial charge is 0.189 e. The van der Waals surface area contributed by atoms with E-state index in [4.69, 9.17) is 0 Å². The minimum absolute atomic E-state index is 0.883. The van der Waals surface area contributed by atoms with Gasteiger partial charge in [0.2, 0.25) is 0 Å². The molecule has 0 radical (unpaired) electrons. The second-order valence-corrected chi connectivity index (χ2v) is 3.40. The molecule has 0 aromatic heterocycles. The van der Waals surface area contributed by atoms with E-state index in [1.54, 1.807) is 0 Å². The predicted octanol–water partition coefficient (Wildman–Crippen LogP) is 3.50. The van der Waals surface area contributed by atoms with Crippen LogP contribution in [0.2, 0.25) is 0 Å². The summed E-state index contributed by atoms with van der Waals surface area (Å²) < 4.78 is 0. The summed E-state index contributed by atoms with van der Waals surface area (Å²) in [6, 6.07) is 8.30. The lowest BCUT2D eigenvalue weighted by atomic mass is 10.1. The highest BCUT2D eigenvalue weighted by molar-refractivity contribution is 5.45. The molecule has 1 heterocycles. The number of hydrogen-bond acceptors (Lipinski definition) is 2. The molecule has 0 bridgehead atoms. The molecule has 13 heavy (non-hydrogen) atoms. The lowest BCUT2D eigenvalue weighted by Gasteiger charge is -2.01. The summed E-state index contributed by atoms with van der Waals surface area (Å²) in [6.45, 7) is 0.883. The summed E-state index contributed by atoms with van der Waals surface area (Å²) in [5.41, 5.74) is 2.40. The van der Waals surface area contributed by atoms with Crippen molar-refractivity contribution < 1.29 is 0 Å². The van der Waals surface area contributed by atoms with E-state index >= 15 is 0 Å². The fourth-order valence-electron chi connectivity index (χ4n) is 1.62. The summed E-state index contributed by atoms with van der Waals surface area (Å²) in [5.74, 6) is 0. The molecule has 0 saturated heterocycles. The van der Waals surface area contributed by atoms with Crippen LogP contribution in [0.5, 0.6) is 0 Å². The Hall–Kier alpha value is -1.18. The Bertz CT molecular complexity index is 305. The summed E-state index contributed by atoms with van der Waals surface area (Å²) in [7, 11) is 0. The van der Waals surface area contributed by atoms with Crippen LogP contribution in [0.25, 0.3) is 0 Å². The first kappa shape index (κ1) is 8.42. The van der Waals surface area contributed by atoms with Crippen molar-refractivity contribution in [1.29, 1.82) is 0 Å². The minimum Gasteiger partial charge on any atom is -0.189 e. The van der Waals surface area contributed by atoms with Crippen LogP contribution >= 0.6 is 0 Å². The van der Waals surface area contributed by atoms with Crippen molar-refractivity contribution in [2.45, 2.75) is 25.7 Å². The predicted molar refractivity (Wildman–Crippen MR) is 53.4 cm³/mol. The number of azo groups is 1. The molecular weight excluding hydrogens is 160 g/mol. The molecule has 2 nitrogen and oxygen atoms in total. The third kappa shape index (κ3) is 2.14. The Morgan fingerprint density at radius 3 is 2.92 bits per heavy atom. The minimum atomic E-state index is 0.883. The molecule has 0 atom stereocenters. The monoisotopic (exact) mass is 174 g/mol. The van der Waals surface area contributed by atoms with E-state index in [0.717, 1.165) is 18.7 Å². The Kier molecular flexibility index (Phi) is 2.70. The molecule has 1 aromatic carbocycles. The molecule has 0 N–H and O–H groups in total. The Morgan fingerprint density at radius 2 is 1.92 bits per heavy atom. The summed E-state index contributed by atoms with van der Waals surface area (Å²) in [5, 5.41) is 8.39. The molecule has 0 amide bonds. The van der Waals surface area contributed by atoms with Gasteiger partial charge in [0.15, 0.2) is 0 Å². The first-order chi connectivity index (χ1) is 6.47. The van der Waals surface area contributed by atoms with Gasteiger partial charge in [-0.2, -0.15) is 10.2 Å². The van der Waals surface area contributed by atoms with Crippen LogP contribution in [0.3, 0.4) is 0 Å². The molecule has 0 aliphatic carbocycles. The fraction of sp³-hybridized carbons (Fsp3) is 0.455. The molecule has 2 heteroatoms. The summed E-state index contributed by atoms with van der Waals surface area (Å²) in [6.07, 6.45) is 4.86. The van der Waals surface area contributed by atoms with E-state index in [0.29, 0.717) is 0 Å². The number of aryl methyl sites for hydroxylation is 1. The first-order valence-corrected chi connectivity index (χ1v) is 4.92. The zero-order chi connectivity index (χ0) is 8.93. The molecule has 0 fully saturated rings. The molecule has 1 aliphatic heterocycles. The van der Waals surface area contributed by atoms with Gasteiger partial charge in [0, 0.05) is 0 Å². The van der Waals surface area contributed by atoms with Crippen LogP contribution in [0.15, 0.2) is 34.5 Å². The van der Waals surface area contributed by atoms with Crippen LogP contribution < -0.4 is 0 Å². The van der Waals surface area contributed by atoms with Gasteiger partial charge in [-0.3, -0.25) is 0 Å². The average Bonchev–Trinajstić information content (AvgIpc) is 2.28. The Labute approximate surface area is 78.7 Å². The first-order valence-electron chi connectivity index (χ1n) is 4.92. The van der Waals surface area contributed by atoms with E-state index < -0.39 is 0 Å². The highest BCUT2D eigenvalue weighted by atomic mass is 15.1. The Balaban J connectivity index is 2.28. The number of benzene rings is 1. The van der Waals surface area contributed by atoms with Crippen molar-refractivity contribution >= 4 is 5.69 Å². The standard InChI is InChI=1S/C11H14N2/c1-2-6-10-7-3-4-8-11(10)13-12-9-5-1/h3-4,7-8H,1-2,5-6,9H2/b13-12-. The van der Waals surface area contributed by atoms with Crippen LogP contribution in [0, 0.1) is 0 Å². The van der Waals surface area contributed by atoms with Crippen LogP contribution in [-0.4, -0.2) is 6.54 Å². The highest BCUT2D eigenvalue weighted by Crippen LogP contribution is 2.22. The number of fused-ring (bicyclic) bond motifs is 1. The van der Waals surface area contributed by atoms with E-state index in [9.17, 15) is 0 Å². The van der Waals surface area contributed by atoms with Crippen molar-refractivity contribution in [2.24, 2.45) is 10.2 Å². The van der Waals surface area contributed by atoms with Crippen molar-refractivity contribution in [1.82, 2.24) is 0 Å². The van der Waals surface area contributed by atoms with Gasteiger partial charge in [0.05, 0.1) is 12.2 Å². The van der Waals surface area contributed by atoms with Crippen molar-refractivity contribution in [2.75, 3.05) is 6.54 Å². The molecule has 0 unspecified atom stereocenters. The lowest BCUT2D eigenvalue weighted by Crippen LogP contribution is -1.85. The second-order valence-electron chi connectivity index (χ2n) is 3.40. The van der Waals surface area contributed by atoms with Gasteiger partial charge >= 0.3 is 0 Å². The molecule has 68 valence electrons. The summed E-state index contributed by atoms with van der Waals surface area (Å²) >= 11 is 0. The van der Waals surface area contributed by atoms with Crippen molar-refractivity contribution in [3.05, 3.63) is 29.8 Å². The van der Waals surface area contributed by atoms with Crippen LogP contribution in [0.1, 0.15) is 24.8 Å². The Morgan fingerprint density at radius 1 is 1.00 bits per heavy atom. The maximum Gasteiger partial charge on any atom is 0.0884 e.